The zero-order chi connectivity index (χ0) is 17.3. The van der Waals surface area contributed by atoms with Crippen LogP contribution in [0.2, 0.25) is 0 Å². The van der Waals surface area contributed by atoms with Crippen molar-refractivity contribution in [3.8, 4) is 0 Å². The number of ketones is 1. The minimum Gasteiger partial charge on any atom is -0.298 e. The van der Waals surface area contributed by atoms with Crippen molar-refractivity contribution in [2.45, 2.75) is 33.9 Å². The Morgan fingerprint density at radius 2 is 1.33 bits per heavy atom. The number of benzene rings is 1. The van der Waals surface area contributed by atoms with E-state index in [9.17, 15) is 4.79 Å². The predicted octanol–water partition coefficient (Wildman–Crippen LogP) is 3.95. The lowest BCUT2D eigenvalue weighted by Gasteiger charge is -2.68. The van der Waals surface area contributed by atoms with Crippen LogP contribution in [-0.4, -0.2) is 41.8 Å². The molecular weight excluding hydrogens is 364 g/mol. The fourth-order valence-electron chi connectivity index (χ4n) is 5.33. The number of halogens is 1. The first-order chi connectivity index (χ1) is 11.3. The van der Waals surface area contributed by atoms with E-state index in [1.165, 1.54) is 5.56 Å². The molecule has 0 unspecified atom stereocenters. The van der Waals surface area contributed by atoms with Gasteiger partial charge in [-0.3, -0.25) is 14.6 Å². The summed E-state index contributed by atoms with van der Waals surface area (Å²) in [5.74, 6) is 1.32. The zero-order valence-electron chi connectivity index (χ0n) is 15.1. The Kier molecular flexibility index (Phi) is 3.76. The fraction of sp³-hybridized carbons (Fsp3) is 0.650. The molecule has 4 aliphatic rings. The molecule has 1 aromatic carbocycles. The predicted molar refractivity (Wildman–Crippen MR) is 99.6 cm³/mol. The first-order valence-electron chi connectivity index (χ1n) is 9.09. The Morgan fingerprint density at radius 3 is 1.71 bits per heavy atom. The van der Waals surface area contributed by atoms with Crippen LogP contribution in [0.25, 0.3) is 0 Å². The van der Waals surface area contributed by atoms with E-state index < -0.39 is 0 Å². The van der Waals surface area contributed by atoms with E-state index in [0.29, 0.717) is 23.8 Å². The summed E-state index contributed by atoms with van der Waals surface area (Å²) in [6, 6.07) is 8.71. The minimum absolute atomic E-state index is 0.188. The van der Waals surface area contributed by atoms with Crippen molar-refractivity contribution >= 4 is 21.7 Å². The van der Waals surface area contributed by atoms with E-state index in [1.807, 2.05) is 0 Å². The second-order valence-corrected chi connectivity index (χ2v) is 9.60. The quantitative estimate of drug-likeness (QED) is 0.780. The van der Waals surface area contributed by atoms with Gasteiger partial charge in [-0.2, -0.15) is 0 Å². The van der Waals surface area contributed by atoms with Crippen molar-refractivity contribution in [1.82, 2.24) is 9.80 Å². The van der Waals surface area contributed by atoms with E-state index in [2.05, 4.69) is 77.7 Å². The van der Waals surface area contributed by atoms with Gasteiger partial charge < -0.3 is 0 Å². The molecule has 0 aromatic heterocycles. The van der Waals surface area contributed by atoms with E-state index in [4.69, 9.17) is 0 Å². The monoisotopic (exact) mass is 390 g/mol. The molecule has 4 bridgehead atoms. The molecule has 1 aromatic rings. The molecule has 24 heavy (non-hydrogen) atoms. The van der Waals surface area contributed by atoms with Crippen LogP contribution in [0, 0.1) is 22.7 Å². The third kappa shape index (κ3) is 2.06. The van der Waals surface area contributed by atoms with E-state index >= 15 is 0 Å². The van der Waals surface area contributed by atoms with Gasteiger partial charge in [-0.1, -0.05) is 55.8 Å². The SMILES string of the molecule is CC(C)C12CN3CC(C(C)C)(CN(C1)C3c1ccc(Br)cc1)C2=O. The van der Waals surface area contributed by atoms with Crippen LogP contribution in [0.3, 0.4) is 0 Å². The summed E-state index contributed by atoms with van der Waals surface area (Å²) in [5, 5.41) is 0. The van der Waals surface area contributed by atoms with Crippen molar-refractivity contribution in [3.05, 3.63) is 34.3 Å². The van der Waals surface area contributed by atoms with Gasteiger partial charge in [0.2, 0.25) is 0 Å². The molecule has 0 saturated carbocycles. The van der Waals surface area contributed by atoms with Crippen molar-refractivity contribution in [2.75, 3.05) is 26.2 Å². The maximum Gasteiger partial charge on any atom is 0.150 e. The Labute approximate surface area is 153 Å². The van der Waals surface area contributed by atoms with Crippen LogP contribution < -0.4 is 0 Å². The zero-order valence-corrected chi connectivity index (χ0v) is 16.6. The third-order valence-corrected chi connectivity index (χ3v) is 7.44. The third-order valence-electron chi connectivity index (χ3n) is 6.92. The molecule has 4 heteroatoms. The van der Waals surface area contributed by atoms with Gasteiger partial charge in [-0.05, 0) is 29.5 Å². The summed E-state index contributed by atoms with van der Waals surface area (Å²) in [6.45, 7) is 12.6. The van der Waals surface area contributed by atoms with Crippen molar-refractivity contribution in [2.24, 2.45) is 22.7 Å². The Bertz CT molecular complexity index is 621. The number of Topliss-reactive ketones (excluding diaryl/α,β-unsaturated/α-hetero) is 1. The summed E-state index contributed by atoms with van der Waals surface area (Å²) in [5.41, 5.74) is 0.974. The number of piperidine rings is 2. The Balaban J connectivity index is 1.78. The first kappa shape index (κ1) is 16.7. The maximum absolute atomic E-state index is 13.5. The summed E-state index contributed by atoms with van der Waals surface area (Å²) in [4.78, 5) is 18.7. The topological polar surface area (TPSA) is 23.6 Å². The van der Waals surface area contributed by atoms with E-state index in [1.54, 1.807) is 0 Å². The molecule has 4 heterocycles. The summed E-state index contributed by atoms with van der Waals surface area (Å²) in [6.07, 6.45) is 0.324. The van der Waals surface area contributed by atoms with Crippen molar-refractivity contribution < 1.29 is 4.79 Å². The molecule has 0 N–H and O–H groups in total. The molecule has 0 atom stereocenters. The van der Waals surface area contributed by atoms with Gasteiger partial charge in [-0.15, -0.1) is 0 Å². The number of nitrogens with zero attached hydrogens (tertiary/aromatic N) is 2. The smallest absolute Gasteiger partial charge is 0.150 e. The van der Waals surface area contributed by atoms with Crippen molar-refractivity contribution in [3.63, 3.8) is 0 Å². The van der Waals surface area contributed by atoms with Gasteiger partial charge in [0.25, 0.3) is 0 Å². The van der Waals surface area contributed by atoms with Gasteiger partial charge >= 0.3 is 0 Å². The highest BCUT2D eigenvalue weighted by atomic mass is 79.9. The normalized spacial score (nSPS) is 40.8. The molecule has 5 rings (SSSR count). The highest BCUT2D eigenvalue weighted by Crippen LogP contribution is 2.57. The highest BCUT2D eigenvalue weighted by molar-refractivity contribution is 9.10. The van der Waals surface area contributed by atoms with Crippen LogP contribution in [0.4, 0.5) is 0 Å². The largest absolute Gasteiger partial charge is 0.298 e. The van der Waals surface area contributed by atoms with Gasteiger partial charge in [-0.25, -0.2) is 0 Å². The molecular formula is C20H27BrN2O. The summed E-state index contributed by atoms with van der Waals surface area (Å²) in [7, 11) is 0. The average molecular weight is 391 g/mol. The number of hydrogen-bond donors (Lipinski definition) is 0. The molecule has 4 aliphatic heterocycles. The Hall–Kier alpha value is -0.710. The van der Waals surface area contributed by atoms with E-state index in [0.717, 1.165) is 30.7 Å². The summed E-state index contributed by atoms with van der Waals surface area (Å²) >= 11 is 3.54. The number of carbonyl (C=O) groups excluding carboxylic acids is 1. The first-order valence-corrected chi connectivity index (χ1v) is 9.88. The minimum atomic E-state index is -0.188. The molecule has 0 aliphatic carbocycles. The van der Waals surface area contributed by atoms with Crippen molar-refractivity contribution in [1.29, 1.82) is 0 Å². The van der Waals surface area contributed by atoms with E-state index in [-0.39, 0.29) is 10.8 Å². The second-order valence-electron chi connectivity index (χ2n) is 8.69. The van der Waals surface area contributed by atoms with Crippen LogP contribution in [0.15, 0.2) is 28.7 Å². The van der Waals surface area contributed by atoms with Gasteiger partial charge in [0.15, 0.2) is 5.78 Å². The average Bonchev–Trinajstić information content (AvgIpc) is 2.52. The lowest BCUT2D eigenvalue weighted by atomic mass is 9.53. The number of rotatable bonds is 3. The molecule has 0 amide bonds. The fourth-order valence-corrected chi connectivity index (χ4v) is 5.60. The summed E-state index contributed by atoms with van der Waals surface area (Å²) < 4.78 is 1.12. The molecule has 4 fully saturated rings. The van der Waals surface area contributed by atoms with Gasteiger partial charge in [0.05, 0.1) is 17.0 Å². The van der Waals surface area contributed by atoms with Crippen LogP contribution >= 0.6 is 15.9 Å². The molecule has 4 saturated heterocycles. The van der Waals surface area contributed by atoms with Gasteiger partial charge in [0.1, 0.15) is 0 Å². The molecule has 130 valence electrons. The lowest BCUT2D eigenvalue weighted by Crippen LogP contribution is -2.78. The molecule has 0 radical (unpaired) electrons. The maximum atomic E-state index is 13.5. The lowest BCUT2D eigenvalue weighted by molar-refractivity contribution is -0.217. The Morgan fingerprint density at radius 1 is 0.917 bits per heavy atom. The number of carbonyl (C=O) groups is 1. The highest BCUT2D eigenvalue weighted by Gasteiger charge is 2.67. The van der Waals surface area contributed by atoms with Crippen LogP contribution in [0.1, 0.15) is 39.4 Å². The standard InChI is InChI=1S/C20H27BrN2O/c1-13(2)19-9-22-11-20(14(3)4,18(19)24)12-23(10-19)17(22)15-5-7-16(21)8-6-15/h5-8,13-14,17H,9-12H2,1-4H3. The van der Waals surface area contributed by atoms with Crippen LogP contribution in [-0.2, 0) is 4.79 Å². The second kappa shape index (κ2) is 5.39. The molecule has 0 spiro atoms. The number of hydrogen-bond acceptors (Lipinski definition) is 3. The molecule has 3 nitrogen and oxygen atoms in total. The van der Waals surface area contributed by atoms with Crippen LogP contribution in [0.5, 0.6) is 0 Å². The van der Waals surface area contributed by atoms with Gasteiger partial charge in [0, 0.05) is 30.7 Å².